The van der Waals surface area contributed by atoms with Crippen molar-refractivity contribution in [2.75, 3.05) is 39.6 Å². The molecule has 0 aromatic rings. The number of phosphoric acid groups is 2. The SMILES string of the molecule is CC/C=C\C/C=C\C/C=C\C/C=C\C/C=C\CCCCCC(=O)OCC(COP(=O)(O)OCC(O)COP(=O)(O)OCC(COC(=O)CCCCCCC/C=C\C/C=C\C/C=C\CC)OC(=O)CCCCCCC/C=C\C/C=C\CCCCC)OC(=O)CCCCCCC/C=C\CCCC. The Bertz CT molecular complexity index is 2420. The third-order valence-corrected chi connectivity index (χ3v) is 17.5. The summed E-state index contributed by atoms with van der Waals surface area (Å²) in [5, 5.41) is 10.6. The van der Waals surface area contributed by atoms with Crippen molar-refractivity contribution in [2.24, 2.45) is 0 Å². The maximum atomic E-state index is 13.1. The molecule has 0 aromatic heterocycles. The number of unbranched alkanes of at least 4 members (excludes halogenated alkanes) is 23. The number of hydrogen-bond acceptors (Lipinski definition) is 15. The molecule has 5 atom stereocenters. The molecule has 0 bridgehead atoms. The summed E-state index contributed by atoms with van der Waals surface area (Å²) in [4.78, 5) is 72.8. The van der Waals surface area contributed by atoms with Crippen molar-refractivity contribution in [1.29, 1.82) is 0 Å². The lowest BCUT2D eigenvalue weighted by atomic mass is 10.1. The van der Waals surface area contributed by atoms with Crippen molar-refractivity contribution in [1.82, 2.24) is 0 Å². The zero-order chi connectivity index (χ0) is 73.2. The van der Waals surface area contributed by atoms with Crippen molar-refractivity contribution < 1.29 is 80.2 Å². The number of esters is 4. The van der Waals surface area contributed by atoms with Gasteiger partial charge < -0.3 is 33.8 Å². The number of ether oxygens (including phenoxy) is 4. The third kappa shape index (κ3) is 71.6. The average molecular weight is 1440 g/mol. The monoisotopic (exact) mass is 1440 g/mol. The lowest BCUT2D eigenvalue weighted by Crippen LogP contribution is -2.30. The Labute approximate surface area is 605 Å². The van der Waals surface area contributed by atoms with E-state index in [1.807, 2.05) is 0 Å². The molecule has 0 fully saturated rings. The number of carbonyl (C=O) groups excluding carboxylic acids is 4. The summed E-state index contributed by atoms with van der Waals surface area (Å²) in [7, 11) is -9.97. The number of phosphoric ester groups is 2. The second-order valence-corrected chi connectivity index (χ2v) is 28.1. The van der Waals surface area contributed by atoms with E-state index in [9.17, 15) is 43.2 Å². The van der Waals surface area contributed by atoms with Crippen LogP contribution < -0.4 is 0 Å². The van der Waals surface area contributed by atoms with Gasteiger partial charge in [-0.2, -0.15) is 0 Å². The molecule has 0 aliphatic rings. The summed E-state index contributed by atoms with van der Waals surface area (Å²) in [6, 6.07) is 0. The molecule has 3 N–H and O–H groups in total. The highest BCUT2D eigenvalue weighted by molar-refractivity contribution is 7.47. The highest BCUT2D eigenvalue weighted by atomic mass is 31.2. The van der Waals surface area contributed by atoms with Gasteiger partial charge in [-0.3, -0.25) is 37.3 Å². The van der Waals surface area contributed by atoms with Gasteiger partial charge in [0, 0.05) is 25.7 Å². The molecule has 0 aliphatic carbocycles. The van der Waals surface area contributed by atoms with E-state index < -0.39 is 97.5 Å². The van der Waals surface area contributed by atoms with E-state index in [0.717, 1.165) is 186 Å². The Kier molecular flexibility index (Phi) is 69.1. The Morgan fingerprint density at radius 1 is 0.290 bits per heavy atom. The fourth-order valence-corrected chi connectivity index (χ4v) is 11.3. The molecule has 0 amide bonds. The van der Waals surface area contributed by atoms with Gasteiger partial charge in [-0.25, -0.2) is 9.13 Å². The van der Waals surface area contributed by atoms with E-state index in [-0.39, 0.29) is 25.7 Å². The Morgan fingerprint density at radius 3 is 0.850 bits per heavy atom. The van der Waals surface area contributed by atoms with Gasteiger partial charge in [0.2, 0.25) is 0 Å². The van der Waals surface area contributed by atoms with Gasteiger partial charge in [-0.15, -0.1) is 0 Å². The van der Waals surface area contributed by atoms with Crippen LogP contribution in [0.1, 0.15) is 297 Å². The molecular formula is C81H136O17P2. The summed E-state index contributed by atoms with van der Waals surface area (Å²) in [6.45, 7) is 4.49. The molecule has 0 radical (unpaired) electrons. The van der Waals surface area contributed by atoms with Crippen molar-refractivity contribution in [2.45, 2.75) is 316 Å². The number of allylic oxidation sites excluding steroid dienone is 22. The largest absolute Gasteiger partial charge is 0.472 e. The predicted octanol–water partition coefficient (Wildman–Crippen LogP) is 22.1. The molecule has 0 heterocycles. The summed E-state index contributed by atoms with van der Waals surface area (Å²) in [5.74, 6) is -2.26. The average Bonchev–Trinajstić information content (AvgIpc) is 0.953. The minimum Gasteiger partial charge on any atom is -0.462 e. The van der Waals surface area contributed by atoms with Crippen LogP contribution in [0.5, 0.6) is 0 Å². The van der Waals surface area contributed by atoms with Crippen LogP contribution in [0.25, 0.3) is 0 Å². The smallest absolute Gasteiger partial charge is 0.462 e. The van der Waals surface area contributed by atoms with Gasteiger partial charge in [0.25, 0.3) is 0 Å². The highest BCUT2D eigenvalue weighted by Gasteiger charge is 2.30. The Balaban J connectivity index is 5.38. The minimum atomic E-state index is -4.99. The minimum absolute atomic E-state index is 0.0717. The fourth-order valence-electron chi connectivity index (χ4n) is 9.74. The molecule has 0 spiro atoms. The number of hydrogen-bond donors (Lipinski definition) is 3. The maximum Gasteiger partial charge on any atom is 0.472 e. The molecule has 0 aliphatic heterocycles. The van der Waals surface area contributed by atoms with Crippen molar-refractivity contribution in [3.8, 4) is 0 Å². The van der Waals surface area contributed by atoms with Gasteiger partial charge in [-0.1, -0.05) is 251 Å². The lowest BCUT2D eigenvalue weighted by Gasteiger charge is -2.21. The van der Waals surface area contributed by atoms with Gasteiger partial charge in [0.1, 0.15) is 19.3 Å². The van der Waals surface area contributed by atoms with Gasteiger partial charge >= 0.3 is 39.5 Å². The van der Waals surface area contributed by atoms with Crippen LogP contribution in [0.15, 0.2) is 134 Å². The molecule has 0 saturated heterocycles. The second kappa shape index (κ2) is 72.5. The number of aliphatic hydroxyl groups is 1. The third-order valence-electron chi connectivity index (χ3n) is 15.6. The van der Waals surface area contributed by atoms with Crippen molar-refractivity contribution >= 4 is 39.5 Å². The normalized spacial score (nSPS) is 14.7. The summed E-state index contributed by atoms with van der Waals surface area (Å²) in [5.41, 5.74) is 0. The Morgan fingerprint density at radius 2 is 0.530 bits per heavy atom. The zero-order valence-electron chi connectivity index (χ0n) is 62.3. The van der Waals surface area contributed by atoms with E-state index in [0.29, 0.717) is 25.7 Å². The topological polar surface area (TPSA) is 237 Å². The number of aliphatic hydroxyl groups excluding tert-OH is 1. The first-order valence-electron chi connectivity index (χ1n) is 38.4. The molecule has 100 heavy (non-hydrogen) atoms. The zero-order valence-corrected chi connectivity index (χ0v) is 64.1. The van der Waals surface area contributed by atoms with Crippen LogP contribution in [0.4, 0.5) is 0 Å². The molecule has 0 rings (SSSR count). The van der Waals surface area contributed by atoms with Crippen LogP contribution in [0.2, 0.25) is 0 Å². The number of rotatable bonds is 71. The van der Waals surface area contributed by atoms with Crippen LogP contribution >= 0.6 is 15.6 Å². The van der Waals surface area contributed by atoms with Crippen LogP contribution in [0.3, 0.4) is 0 Å². The molecule has 0 saturated carbocycles. The van der Waals surface area contributed by atoms with E-state index in [1.165, 1.54) is 32.1 Å². The molecule has 19 heteroatoms. The first kappa shape index (κ1) is 95.2. The Hall–Kier alpha value is -4.80. The van der Waals surface area contributed by atoms with E-state index in [4.69, 9.17) is 37.0 Å². The lowest BCUT2D eigenvalue weighted by molar-refractivity contribution is -0.161. The molecule has 0 aromatic carbocycles. The summed E-state index contributed by atoms with van der Waals surface area (Å²) >= 11 is 0. The van der Waals surface area contributed by atoms with E-state index in [2.05, 4.69) is 161 Å². The summed E-state index contributed by atoms with van der Waals surface area (Å²) in [6.07, 6.45) is 80.1. The van der Waals surface area contributed by atoms with Gasteiger partial charge in [-0.05, 0) is 154 Å². The predicted molar refractivity (Wildman–Crippen MR) is 408 cm³/mol. The van der Waals surface area contributed by atoms with Crippen LogP contribution in [-0.2, 0) is 65.4 Å². The molecular weight excluding hydrogens is 1310 g/mol. The van der Waals surface area contributed by atoms with E-state index >= 15 is 0 Å². The molecule has 17 nitrogen and oxygen atoms in total. The quantitative estimate of drug-likeness (QED) is 0.0169. The highest BCUT2D eigenvalue weighted by Crippen LogP contribution is 2.45. The fraction of sp³-hybridized carbons (Fsp3) is 0.679. The standard InChI is InChI=1S/C81H136O17P2/c1-5-9-13-17-21-25-29-32-35-36-37-38-41-43-47-50-54-58-62-66-79(84)91-71-76(97-80(85)67-63-59-55-51-45-28-24-20-16-12-8-4)73-95-99(87,88)93-69-75(82)70-94-100(89,90)96-74-77(98-81(86)68-64-60-56-52-48-44-40-34-31-27-23-19-15-11-7-3)72-92-78(83)65-61-57-53-49-46-42-39-33-30-26-22-18-14-10-6-2/h9-10,13-14,20-27,32-35,37-40,43,47,75-77,82H,5-8,11-12,15-19,28-31,36,41-42,44-46,48-74H2,1-4H3,(H,87,88)(H,89,90)/b13-9-,14-10-,24-20-,25-21-,26-22-,27-23-,35-32-,38-37-,39-33-,40-34-,47-43-. The first-order chi connectivity index (χ1) is 48.7. The van der Waals surface area contributed by atoms with Crippen LogP contribution in [0, 0.1) is 0 Å². The molecule has 572 valence electrons. The second-order valence-electron chi connectivity index (χ2n) is 25.2. The maximum absolute atomic E-state index is 13.1. The van der Waals surface area contributed by atoms with Crippen molar-refractivity contribution in [3.63, 3.8) is 0 Å². The van der Waals surface area contributed by atoms with E-state index in [1.54, 1.807) is 0 Å². The van der Waals surface area contributed by atoms with Gasteiger partial charge in [0.15, 0.2) is 12.2 Å². The van der Waals surface area contributed by atoms with Gasteiger partial charge in [0.05, 0.1) is 26.4 Å². The van der Waals surface area contributed by atoms with Crippen LogP contribution in [-0.4, -0.2) is 96.7 Å². The first-order valence-corrected chi connectivity index (χ1v) is 41.4. The number of carbonyl (C=O) groups is 4. The van der Waals surface area contributed by atoms with Crippen molar-refractivity contribution in [3.05, 3.63) is 134 Å². The molecule has 5 unspecified atom stereocenters. The summed E-state index contributed by atoms with van der Waals surface area (Å²) < 4.78 is 68.4.